The Hall–Kier alpha value is -4.49. The van der Waals surface area contributed by atoms with Crippen LogP contribution in [-0.2, 0) is 30.7 Å². The number of carbonyl (C=O) groups excluding carboxylic acids is 4. The van der Waals surface area contributed by atoms with E-state index in [1.165, 1.54) is 27.7 Å². The van der Waals surface area contributed by atoms with Crippen LogP contribution in [0.2, 0.25) is 0 Å². The number of imidazole rings is 3. The van der Waals surface area contributed by atoms with Gasteiger partial charge < -0.3 is 34.4 Å². The van der Waals surface area contributed by atoms with Crippen molar-refractivity contribution in [2.75, 3.05) is 23.8 Å². The molecule has 3 amide bonds. The Morgan fingerprint density at radius 1 is 0.853 bits per heavy atom. The average molecular weight is 471 g/mol. The minimum absolute atomic E-state index is 0.0150. The van der Waals surface area contributed by atoms with E-state index in [0.29, 0.717) is 0 Å². The highest BCUT2D eigenvalue weighted by Gasteiger charge is 2.20. The summed E-state index contributed by atoms with van der Waals surface area (Å²) in [5.41, 5.74) is 0. The predicted molar refractivity (Wildman–Crippen MR) is 119 cm³/mol. The van der Waals surface area contributed by atoms with Crippen LogP contribution in [0.1, 0.15) is 45.2 Å². The van der Waals surface area contributed by atoms with Gasteiger partial charge in [-0.25, -0.2) is 15.0 Å². The molecule has 0 radical (unpaired) electrons. The molecule has 0 atom stereocenters. The lowest BCUT2D eigenvalue weighted by Crippen LogP contribution is -2.28. The lowest BCUT2D eigenvalue weighted by Gasteiger charge is -2.04. The summed E-state index contributed by atoms with van der Waals surface area (Å²) in [6.07, 6.45) is 6.11. The molecule has 0 aliphatic rings. The van der Waals surface area contributed by atoms with Gasteiger partial charge in [-0.05, 0) is 6.92 Å². The molecule has 0 bridgehead atoms. The highest BCUT2D eigenvalue weighted by atomic mass is 16.5. The zero-order valence-electron chi connectivity index (χ0n) is 19.2. The molecule has 3 N–H and O–H groups in total. The van der Waals surface area contributed by atoms with E-state index in [9.17, 15) is 19.2 Å². The molecule has 0 aromatic carbocycles. The van der Waals surface area contributed by atoms with Crippen LogP contribution in [0.4, 0.5) is 11.6 Å². The molecule has 0 spiro atoms. The molecule has 180 valence electrons. The number of nitrogens with zero attached hydrogens (tertiary/aromatic N) is 6. The molecule has 3 heterocycles. The first-order valence-electron chi connectivity index (χ1n) is 10.3. The van der Waals surface area contributed by atoms with Crippen molar-refractivity contribution in [1.29, 1.82) is 0 Å². The molecule has 0 aliphatic heterocycles. The third-order valence-corrected chi connectivity index (χ3v) is 4.59. The summed E-state index contributed by atoms with van der Waals surface area (Å²) < 4.78 is 9.24. The van der Waals surface area contributed by atoms with Gasteiger partial charge in [-0.15, -0.1) is 0 Å². The fourth-order valence-corrected chi connectivity index (χ4v) is 2.99. The molecule has 0 aliphatic carbocycles. The van der Waals surface area contributed by atoms with Gasteiger partial charge in [-0.1, -0.05) is 0 Å². The van der Waals surface area contributed by atoms with E-state index in [2.05, 4.69) is 30.9 Å². The normalized spacial score (nSPS) is 10.6. The first-order chi connectivity index (χ1) is 16.2. The number of anilines is 2. The lowest BCUT2D eigenvalue weighted by atomic mass is 10.4. The zero-order valence-corrected chi connectivity index (χ0v) is 19.2. The van der Waals surface area contributed by atoms with E-state index in [1.54, 1.807) is 38.8 Å². The Morgan fingerprint density at radius 2 is 1.41 bits per heavy atom. The molecule has 3 aromatic heterocycles. The highest BCUT2D eigenvalue weighted by molar-refractivity contribution is 6.04. The average Bonchev–Trinajstić information content (AvgIpc) is 3.46. The Bertz CT molecular complexity index is 1220. The van der Waals surface area contributed by atoms with Gasteiger partial charge in [0.1, 0.15) is 0 Å². The molecule has 34 heavy (non-hydrogen) atoms. The largest absolute Gasteiger partial charge is 0.466 e. The monoisotopic (exact) mass is 471 g/mol. The van der Waals surface area contributed by atoms with Gasteiger partial charge in [-0.2, -0.15) is 0 Å². The van der Waals surface area contributed by atoms with Crippen molar-refractivity contribution >= 4 is 35.3 Å². The maximum Gasteiger partial charge on any atom is 0.307 e. The maximum atomic E-state index is 12.7. The van der Waals surface area contributed by atoms with Crippen molar-refractivity contribution in [1.82, 2.24) is 34.0 Å². The van der Waals surface area contributed by atoms with Crippen molar-refractivity contribution in [3.05, 3.63) is 42.3 Å². The maximum absolute atomic E-state index is 12.7. The van der Waals surface area contributed by atoms with Crippen LogP contribution in [0.3, 0.4) is 0 Å². The number of nitrogens with one attached hydrogen (secondary N) is 3. The molecular weight excluding hydrogens is 446 g/mol. The number of aromatic nitrogens is 6. The van der Waals surface area contributed by atoms with E-state index in [0.717, 1.165) is 0 Å². The minimum Gasteiger partial charge on any atom is -0.466 e. The molecule has 0 fully saturated rings. The zero-order chi connectivity index (χ0) is 24.8. The van der Waals surface area contributed by atoms with E-state index >= 15 is 0 Å². The van der Waals surface area contributed by atoms with Crippen molar-refractivity contribution < 1.29 is 23.9 Å². The van der Waals surface area contributed by atoms with Crippen LogP contribution >= 0.6 is 0 Å². The molecule has 14 heteroatoms. The topological polar surface area (TPSA) is 167 Å². The van der Waals surface area contributed by atoms with Crippen LogP contribution in [-0.4, -0.2) is 65.5 Å². The number of hydrogen-bond acceptors (Lipinski definition) is 8. The van der Waals surface area contributed by atoms with E-state index in [1.807, 2.05) is 0 Å². The number of rotatable bonds is 9. The van der Waals surface area contributed by atoms with Gasteiger partial charge >= 0.3 is 5.97 Å². The standard InChI is InChI=1S/C20H25N9O5/c1-5-34-14(30)6-7-22-18(31)16-23-12(10-28(16)3)26-20(33)17-24-13(11-29(17)4)25-19(32)15-21-8-9-27(15)2/h8-11H,5-7H2,1-4H3,(H,22,31)(H,25,32)(H,26,33). The first-order valence-corrected chi connectivity index (χ1v) is 10.3. The number of hydrogen-bond donors (Lipinski definition) is 3. The summed E-state index contributed by atoms with van der Waals surface area (Å²) in [4.78, 5) is 60.9. The van der Waals surface area contributed by atoms with E-state index in [-0.39, 0.29) is 48.7 Å². The fraction of sp³-hybridized carbons (Fsp3) is 0.350. The molecule has 0 unspecified atom stereocenters. The summed E-state index contributed by atoms with van der Waals surface area (Å²) in [6.45, 7) is 2.06. The quantitative estimate of drug-likeness (QED) is 0.369. The highest BCUT2D eigenvalue weighted by Crippen LogP contribution is 2.12. The van der Waals surface area contributed by atoms with Crippen molar-refractivity contribution in [3.8, 4) is 0 Å². The molecule has 3 rings (SSSR count). The Morgan fingerprint density at radius 3 is 1.94 bits per heavy atom. The van der Waals surface area contributed by atoms with Gasteiger partial charge in [0.25, 0.3) is 17.7 Å². The van der Waals surface area contributed by atoms with E-state index in [4.69, 9.17) is 4.74 Å². The summed E-state index contributed by atoms with van der Waals surface area (Å²) in [6, 6.07) is 0. The van der Waals surface area contributed by atoms with Gasteiger partial charge in [0.05, 0.1) is 13.0 Å². The molecular formula is C20H25N9O5. The summed E-state index contributed by atoms with van der Waals surface area (Å²) in [7, 11) is 4.87. The van der Waals surface area contributed by atoms with Gasteiger partial charge in [-0.3, -0.25) is 19.2 Å². The Balaban J connectivity index is 1.61. The molecule has 0 saturated carbocycles. The number of ether oxygens (including phenoxy) is 1. The van der Waals surface area contributed by atoms with Gasteiger partial charge in [0.15, 0.2) is 17.5 Å². The number of esters is 1. The third-order valence-electron chi connectivity index (χ3n) is 4.59. The second kappa shape index (κ2) is 10.4. The SMILES string of the molecule is CCOC(=O)CCNC(=O)c1nc(NC(=O)c2nc(NC(=O)c3nccn3C)cn2C)cn1C. The van der Waals surface area contributed by atoms with Crippen LogP contribution in [0.15, 0.2) is 24.8 Å². The third kappa shape index (κ3) is 5.65. The van der Waals surface area contributed by atoms with E-state index < -0.39 is 23.7 Å². The van der Waals surface area contributed by atoms with Crippen LogP contribution < -0.4 is 16.0 Å². The van der Waals surface area contributed by atoms with Crippen molar-refractivity contribution in [2.45, 2.75) is 13.3 Å². The fourth-order valence-electron chi connectivity index (χ4n) is 2.99. The molecule has 14 nitrogen and oxygen atoms in total. The molecule has 3 aromatic rings. The Kier molecular flexibility index (Phi) is 7.40. The van der Waals surface area contributed by atoms with Gasteiger partial charge in [0.2, 0.25) is 11.6 Å². The first kappa shape index (κ1) is 24.2. The lowest BCUT2D eigenvalue weighted by molar-refractivity contribution is -0.142. The molecule has 0 saturated heterocycles. The Labute approximate surface area is 194 Å². The number of aryl methyl sites for hydroxylation is 3. The number of carbonyl (C=O) groups is 4. The number of amides is 3. The predicted octanol–water partition coefficient (Wildman–Crippen LogP) is 0.0747. The summed E-state index contributed by atoms with van der Waals surface area (Å²) in [5, 5.41) is 7.74. The second-order valence-corrected chi connectivity index (χ2v) is 7.20. The second-order valence-electron chi connectivity index (χ2n) is 7.20. The van der Waals surface area contributed by atoms with Crippen LogP contribution in [0.5, 0.6) is 0 Å². The summed E-state index contributed by atoms with van der Waals surface area (Å²) in [5.74, 6) is -1.44. The minimum atomic E-state index is -0.590. The summed E-state index contributed by atoms with van der Waals surface area (Å²) >= 11 is 0. The van der Waals surface area contributed by atoms with Crippen LogP contribution in [0.25, 0.3) is 0 Å². The van der Waals surface area contributed by atoms with Crippen molar-refractivity contribution in [2.24, 2.45) is 21.1 Å². The van der Waals surface area contributed by atoms with Crippen molar-refractivity contribution in [3.63, 3.8) is 0 Å². The smallest absolute Gasteiger partial charge is 0.307 e. The van der Waals surface area contributed by atoms with Crippen LogP contribution in [0, 0.1) is 0 Å². The van der Waals surface area contributed by atoms with Gasteiger partial charge in [0, 0.05) is 52.5 Å².